The highest BCUT2D eigenvalue weighted by molar-refractivity contribution is 7.89. The molecule has 0 heterocycles. The molecule has 2 rings (SSSR count). The minimum atomic E-state index is -3.80. The summed E-state index contributed by atoms with van der Waals surface area (Å²) in [5, 5.41) is 0. The smallest absolute Gasteiger partial charge is 0.338 e. The van der Waals surface area contributed by atoms with Crippen molar-refractivity contribution in [2.24, 2.45) is 0 Å². The van der Waals surface area contributed by atoms with Crippen LogP contribution in [0.4, 0.5) is 4.39 Å². The number of hydroxylamine groups is 1. The topological polar surface area (TPSA) is 82.1 Å². The van der Waals surface area contributed by atoms with Crippen LogP contribution in [-0.2, 0) is 26.2 Å². The van der Waals surface area contributed by atoms with Gasteiger partial charge in [-0.05, 0) is 42.5 Å². The van der Waals surface area contributed by atoms with Gasteiger partial charge in [-0.15, -0.1) is 0 Å². The normalized spacial score (nSPS) is 11.4. The second-order valence-electron chi connectivity index (χ2n) is 5.15. The van der Waals surface area contributed by atoms with Gasteiger partial charge in [0.2, 0.25) is 0 Å². The summed E-state index contributed by atoms with van der Waals surface area (Å²) in [6.07, 6.45) is 0. The van der Waals surface area contributed by atoms with E-state index in [-0.39, 0.29) is 17.1 Å². The Hall–Kier alpha value is -2.49. The van der Waals surface area contributed by atoms with Crippen LogP contribution in [0.1, 0.15) is 15.9 Å². The predicted molar refractivity (Wildman–Crippen MR) is 90.5 cm³/mol. The number of nitrogens with zero attached hydrogens (tertiary/aromatic N) is 1. The number of methoxy groups -OCH3 is 1. The van der Waals surface area contributed by atoms with Crippen molar-refractivity contribution < 1.29 is 31.9 Å². The predicted octanol–water partition coefficient (Wildman–Crippen LogP) is 2.37. The van der Waals surface area contributed by atoms with Crippen molar-refractivity contribution in [1.29, 1.82) is 0 Å². The van der Waals surface area contributed by atoms with E-state index in [2.05, 4.69) is 4.84 Å². The lowest BCUT2D eigenvalue weighted by molar-refractivity contribution is -0.0258. The minimum Gasteiger partial charge on any atom is -0.496 e. The van der Waals surface area contributed by atoms with Crippen LogP contribution in [0.25, 0.3) is 0 Å². The lowest BCUT2D eigenvalue weighted by Crippen LogP contribution is -2.25. The fourth-order valence-corrected chi connectivity index (χ4v) is 3.07. The standard InChI is InChI=1S/C17H18FNO6S/c1-19(24-3)26(21,22)15-7-4-12(5-8-15)17(20)25-11-13-10-14(18)6-9-16(13)23-2/h4-10H,11H2,1-3H3. The number of carbonyl (C=O) groups is 1. The first-order chi connectivity index (χ1) is 12.3. The van der Waals surface area contributed by atoms with Crippen LogP contribution in [-0.4, -0.2) is 40.1 Å². The third-order valence-corrected chi connectivity index (χ3v) is 5.28. The summed E-state index contributed by atoms with van der Waals surface area (Å²) in [6, 6.07) is 9.06. The Kier molecular flexibility index (Phi) is 6.30. The quantitative estimate of drug-likeness (QED) is 0.539. The zero-order chi connectivity index (χ0) is 19.3. The summed E-state index contributed by atoms with van der Waals surface area (Å²) in [6.45, 7) is -0.188. The maximum atomic E-state index is 13.3. The van der Waals surface area contributed by atoms with Crippen molar-refractivity contribution >= 4 is 16.0 Å². The molecule has 0 saturated heterocycles. The Morgan fingerprint density at radius 2 is 1.77 bits per heavy atom. The Morgan fingerprint density at radius 1 is 1.12 bits per heavy atom. The molecule has 0 amide bonds. The molecule has 26 heavy (non-hydrogen) atoms. The van der Waals surface area contributed by atoms with Crippen molar-refractivity contribution in [2.75, 3.05) is 21.3 Å². The average molecular weight is 383 g/mol. The second kappa shape index (κ2) is 8.26. The molecule has 2 aromatic carbocycles. The van der Waals surface area contributed by atoms with Gasteiger partial charge < -0.3 is 9.47 Å². The van der Waals surface area contributed by atoms with Gasteiger partial charge in [0.1, 0.15) is 18.2 Å². The van der Waals surface area contributed by atoms with Crippen LogP contribution in [0.5, 0.6) is 5.75 Å². The van der Waals surface area contributed by atoms with E-state index < -0.39 is 21.8 Å². The molecule has 0 fully saturated rings. The molecule has 0 bridgehead atoms. The summed E-state index contributed by atoms with van der Waals surface area (Å²) in [5.74, 6) is -0.766. The van der Waals surface area contributed by atoms with Crippen LogP contribution >= 0.6 is 0 Å². The van der Waals surface area contributed by atoms with E-state index in [0.717, 1.165) is 0 Å². The monoisotopic (exact) mass is 383 g/mol. The molecule has 0 aliphatic rings. The number of halogens is 1. The van der Waals surface area contributed by atoms with Gasteiger partial charge in [0, 0.05) is 12.6 Å². The molecule has 7 nitrogen and oxygen atoms in total. The number of esters is 1. The van der Waals surface area contributed by atoms with Crippen LogP contribution < -0.4 is 4.74 Å². The molecule has 0 atom stereocenters. The molecule has 0 saturated carbocycles. The molecule has 2 aromatic rings. The number of rotatable bonds is 7. The molecule has 0 aliphatic heterocycles. The van der Waals surface area contributed by atoms with Crippen molar-refractivity contribution in [3.8, 4) is 5.75 Å². The highest BCUT2D eigenvalue weighted by atomic mass is 32.2. The van der Waals surface area contributed by atoms with Crippen molar-refractivity contribution in [1.82, 2.24) is 4.47 Å². The molecular formula is C17H18FNO6S. The van der Waals surface area contributed by atoms with Crippen molar-refractivity contribution in [3.05, 3.63) is 59.4 Å². The van der Waals surface area contributed by atoms with E-state index in [0.29, 0.717) is 15.8 Å². The van der Waals surface area contributed by atoms with Crippen LogP contribution in [0.2, 0.25) is 0 Å². The molecule has 9 heteroatoms. The third-order valence-electron chi connectivity index (χ3n) is 3.58. The first-order valence-corrected chi connectivity index (χ1v) is 8.86. The molecule has 0 N–H and O–H groups in total. The van der Waals surface area contributed by atoms with Crippen LogP contribution in [0.3, 0.4) is 0 Å². The highest BCUT2D eigenvalue weighted by Gasteiger charge is 2.21. The lowest BCUT2D eigenvalue weighted by Gasteiger charge is -2.14. The summed E-state index contributed by atoms with van der Waals surface area (Å²) >= 11 is 0. The lowest BCUT2D eigenvalue weighted by atomic mass is 10.2. The fraction of sp³-hybridized carbons (Fsp3) is 0.235. The van der Waals surface area contributed by atoms with Gasteiger partial charge in [0.15, 0.2) is 0 Å². The highest BCUT2D eigenvalue weighted by Crippen LogP contribution is 2.21. The van der Waals surface area contributed by atoms with Gasteiger partial charge in [-0.1, -0.05) is 4.47 Å². The van der Waals surface area contributed by atoms with E-state index in [1.54, 1.807) is 0 Å². The van der Waals surface area contributed by atoms with Gasteiger partial charge in [0.05, 0.1) is 24.7 Å². The number of ether oxygens (including phenoxy) is 2. The number of carbonyl (C=O) groups excluding carboxylic acids is 1. The SMILES string of the molecule is COc1ccc(F)cc1COC(=O)c1ccc(S(=O)(=O)N(C)OC)cc1. The van der Waals surface area contributed by atoms with E-state index in [4.69, 9.17) is 9.47 Å². The van der Waals surface area contributed by atoms with E-state index >= 15 is 0 Å². The first kappa shape index (κ1) is 19.8. The Labute approximate surface area is 150 Å². The molecule has 0 unspecified atom stereocenters. The van der Waals surface area contributed by atoms with Crippen molar-refractivity contribution in [2.45, 2.75) is 11.5 Å². The molecule has 0 aromatic heterocycles. The second-order valence-corrected chi connectivity index (χ2v) is 7.09. The van der Waals surface area contributed by atoms with Gasteiger partial charge in [-0.2, -0.15) is 0 Å². The van der Waals surface area contributed by atoms with Crippen LogP contribution in [0.15, 0.2) is 47.4 Å². The molecule has 140 valence electrons. The summed E-state index contributed by atoms with van der Waals surface area (Å²) in [5.41, 5.74) is 0.529. The third kappa shape index (κ3) is 4.37. The van der Waals surface area contributed by atoms with Gasteiger partial charge in [-0.3, -0.25) is 4.84 Å². The average Bonchev–Trinajstić information content (AvgIpc) is 2.65. The molecular weight excluding hydrogens is 365 g/mol. The Morgan fingerprint density at radius 3 is 2.35 bits per heavy atom. The minimum absolute atomic E-state index is 0.0369. The van der Waals surface area contributed by atoms with Crippen molar-refractivity contribution in [3.63, 3.8) is 0 Å². The van der Waals surface area contributed by atoms with Gasteiger partial charge >= 0.3 is 5.97 Å². The molecule has 0 radical (unpaired) electrons. The molecule has 0 aliphatic carbocycles. The van der Waals surface area contributed by atoms with E-state index in [1.165, 1.54) is 63.7 Å². The molecule has 0 spiro atoms. The maximum Gasteiger partial charge on any atom is 0.338 e. The Balaban J connectivity index is 2.11. The number of hydrogen-bond acceptors (Lipinski definition) is 6. The zero-order valence-corrected chi connectivity index (χ0v) is 15.2. The largest absolute Gasteiger partial charge is 0.496 e. The fourth-order valence-electron chi connectivity index (χ4n) is 2.10. The van der Waals surface area contributed by atoms with Crippen LogP contribution in [0, 0.1) is 5.82 Å². The van der Waals surface area contributed by atoms with E-state index in [1.807, 2.05) is 0 Å². The van der Waals surface area contributed by atoms with Gasteiger partial charge in [-0.25, -0.2) is 17.6 Å². The van der Waals surface area contributed by atoms with Gasteiger partial charge in [0.25, 0.3) is 10.0 Å². The first-order valence-electron chi connectivity index (χ1n) is 7.42. The Bertz CT molecular complexity index is 883. The number of hydrogen-bond donors (Lipinski definition) is 0. The number of benzene rings is 2. The summed E-state index contributed by atoms with van der Waals surface area (Å²) < 4.78 is 48.4. The number of sulfonamides is 1. The van der Waals surface area contributed by atoms with E-state index in [9.17, 15) is 17.6 Å². The maximum absolute atomic E-state index is 13.3. The zero-order valence-electron chi connectivity index (χ0n) is 14.4. The summed E-state index contributed by atoms with van der Waals surface area (Å²) in [4.78, 5) is 16.8. The summed E-state index contributed by atoms with van der Waals surface area (Å²) in [7, 11) is 0.106.